The van der Waals surface area contributed by atoms with Gasteiger partial charge in [-0.1, -0.05) is 25.1 Å². The highest BCUT2D eigenvalue weighted by Gasteiger charge is 2.05. The number of hydrogen-bond donors (Lipinski definition) is 1. The number of nitrogens with one attached hydrogen (secondary N) is 1. The molecule has 0 unspecified atom stereocenters. The Kier molecular flexibility index (Phi) is 5.62. The van der Waals surface area contributed by atoms with Crippen molar-refractivity contribution in [2.75, 3.05) is 18.5 Å². The Hall–Kier alpha value is -1.81. The van der Waals surface area contributed by atoms with Gasteiger partial charge >= 0.3 is 0 Å². The van der Waals surface area contributed by atoms with Crippen molar-refractivity contribution in [2.45, 2.75) is 33.2 Å². The van der Waals surface area contributed by atoms with E-state index in [1.807, 2.05) is 25.4 Å². The van der Waals surface area contributed by atoms with Crippen LogP contribution in [0.2, 0.25) is 0 Å². The van der Waals surface area contributed by atoms with Crippen LogP contribution in [-0.2, 0) is 17.7 Å². The third-order valence-electron chi connectivity index (χ3n) is 3.25. The van der Waals surface area contributed by atoms with E-state index in [1.54, 1.807) is 0 Å². The summed E-state index contributed by atoms with van der Waals surface area (Å²) in [6.45, 7) is 6.66. The summed E-state index contributed by atoms with van der Waals surface area (Å²) in [5, 5.41) is 3.42. The number of ether oxygens (including phenoxy) is 1. The van der Waals surface area contributed by atoms with Crippen LogP contribution in [0.15, 0.2) is 36.7 Å². The Morgan fingerprint density at radius 3 is 2.90 bits per heavy atom. The SMILES string of the molecule is CCOCCCn1ccnc1Nc1ccccc1CC. The fourth-order valence-electron chi connectivity index (χ4n) is 2.17. The first-order valence-electron chi connectivity index (χ1n) is 7.29. The van der Waals surface area contributed by atoms with Gasteiger partial charge in [-0.2, -0.15) is 0 Å². The fourth-order valence-corrected chi connectivity index (χ4v) is 2.17. The van der Waals surface area contributed by atoms with Crippen LogP contribution in [0.5, 0.6) is 0 Å². The van der Waals surface area contributed by atoms with Gasteiger partial charge in [0.1, 0.15) is 0 Å². The highest BCUT2D eigenvalue weighted by atomic mass is 16.5. The molecule has 0 saturated carbocycles. The van der Waals surface area contributed by atoms with Crippen molar-refractivity contribution >= 4 is 11.6 Å². The second-order valence-corrected chi connectivity index (χ2v) is 4.63. The Balaban J connectivity index is 2.01. The monoisotopic (exact) mass is 273 g/mol. The maximum absolute atomic E-state index is 5.37. The smallest absolute Gasteiger partial charge is 0.207 e. The van der Waals surface area contributed by atoms with E-state index < -0.39 is 0 Å². The maximum atomic E-state index is 5.37. The predicted octanol–water partition coefficient (Wildman–Crippen LogP) is 3.62. The first-order chi connectivity index (χ1) is 9.85. The van der Waals surface area contributed by atoms with Crippen molar-refractivity contribution in [2.24, 2.45) is 0 Å². The number of benzene rings is 1. The standard InChI is InChI=1S/C16H23N3O/c1-3-14-8-5-6-9-15(14)18-16-17-10-12-19(16)11-7-13-20-4-2/h5-6,8-10,12H,3-4,7,11,13H2,1-2H3,(H,17,18). The number of para-hydroxylation sites is 1. The van der Waals surface area contributed by atoms with Crippen molar-refractivity contribution in [1.82, 2.24) is 9.55 Å². The van der Waals surface area contributed by atoms with Gasteiger partial charge in [0.05, 0.1) is 0 Å². The van der Waals surface area contributed by atoms with Gasteiger partial charge in [-0.25, -0.2) is 4.98 Å². The summed E-state index contributed by atoms with van der Waals surface area (Å²) in [7, 11) is 0. The van der Waals surface area contributed by atoms with Crippen LogP contribution >= 0.6 is 0 Å². The van der Waals surface area contributed by atoms with Crippen LogP contribution in [0, 0.1) is 0 Å². The van der Waals surface area contributed by atoms with E-state index >= 15 is 0 Å². The molecular weight excluding hydrogens is 250 g/mol. The molecule has 1 aromatic heterocycles. The van der Waals surface area contributed by atoms with E-state index in [1.165, 1.54) is 5.56 Å². The Bertz CT molecular complexity index is 522. The van der Waals surface area contributed by atoms with Crippen LogP contribution < -0.4 is 5.32 Å². The van der Waals surface area contributed by atoms with E-state index in [-0.39, 0.29) is 0 Å². The number of nitrogens with zero attached hydrogens (tertiary/aromatic N) is 2. The third kappa shape index (κ3) is 3.84. The number of aryl methyl sites for hydroxylation is 2. The van der Waals surface area contributed by atoms with E-state index in [9.17, 15) is 0 Å². The quantitative estimate of drug-likeness (QED) is 0.747. The summed E-state index contributed by atoms with van der Waals surface area (Å²) in [5.41, 5.74) is 2.43. The van der Waals surface area contributed by atoms with Gasteiger partial charge in [0.25, 0.3) is 0 Å². The van der Waals surface area contributed by atoms with Gasteiger partial charge in [0.15, 0.2) is 0 Å². The van der Waals surface area contributed by atoms with Crippen molar-refractivity contribution in [3.8, 4) is 0 Å². The van der Waals surface area contributed by atoms with Gasteiger partial charge in [0, 0.05) is 37.8 Å². The molecule has 1 N–H and O–H groups in total. The maximum Gasteiger partial charge on any atom is 0.207 e. The molecule has 0 bridgehead atoms. The lowest BCUT2D eigenvalue weighted by Gasteiger charge is -2.12. The van der Waals surface area contributed by atoms with E-state index in [0.29, 0.717) is 0 Å². The van der Waals surface area contributed by atoms with Gasteiger partial charge < -0.3 is 14.6 Å². The topological polar surface area (TPSA) is 39.1 Å². The molecule has 108 valence electrons. The Labute approximate surface area is 120 Å². The van der Waals surface area contributed by atoms with Crippen LogP contribution in [-0.4, -0.2) is 22.8 Å². The minimum Gasteiger partial charge on any atom is -0.382 e. The second-order valence-electron chi connectivity index (χ2n) is 4.63. The molecule has 2 aromatic rings. The second kappa shape index (κ2) is 7.70. The van der Waals surface area contributed by atoms with Crippen LogP contribution in [0.3, 0.4) is 0 Å². The Morgan fingerprint density at radius 1 is 1.25 bits per heavy atom. The molecule has 1 aromatic carbocycles. The largest absolute Gasteiger partial charge is 0.382 e. The molecule has 4 nitrogen and oxygen atoms in total. The fraction of sp³-hybridized carbons (Fsp3) is 0.438. The number of aromatic nitrogens is 2. The summed E-state index contributed by atoms with van der Waals surface area (Å²) in [6.07, 6.45) is 5.84. The molecule has 0 spiro atoms. The molecule has 0 radical (unpaired) electrons. The van der Waals surface area contributed by atoms with Crippen molar-refractivity contribution in [1.29, 1.82) is 0 Å². The van der Waals surface area contributed by atoms with Crippen molar-refractivity contribution in [3.05, 3.63) is 42.2 Å². The highest BCUT2D eigenvalue weighted by Crippen LogP contribution is 2.20. The zero-order valence-corrected chi connectivity index (χ0v) is 12.3. The summed E-state index contributed by atoms with van der Waals surface area (Å²) < 4.78 is 7.50. The van der Waals surface area contributed by atoms with E-state index in [4.69, 9.17) is 4.74 Å². The minimum absolute atomic E-state index is 0.777. The molecule has 0 fully saturated rings. The highest BCUT2D eigenvalue weighted by molar-refractivity contribution is 5.58. The lowest BCUT2D eigenvalue weighted by molar-refractivity contribution is 0.142. The summed E-state index contributed by atoms with van der Waals surface area (Å²) in [4.78, 5) is 4.40. The third-order valence-corrected chi connectivity index (χ3v) is 3.25. The first kappa shape index (κ1) is 14.6. The van der Waals surface area contributed by atoms with Crippen LogP contribution in [0.1, 0.15) is 25.8 Å². The molecule has 0 atom stereocenters. The zero-order valence-electron chi connectivity index (χ0n) is 12.3. The van der Waals surface area contributed by atoms with Crippen LogP contribution in [0.4, 0.5) is 11.6 Å². The van der Waals surface area contributed by atoms with Gasteiger partial charge in [-0.3, -0.25) is 0 Å². The van der Waals surface area contributed by atoms with Crippen LogP contribution in [0.25, 0.3) is 0 Å². The van der Waals surface area contributed by atoms with E-state index in [2.05, 4.69) is 40.0 Å². The number of rotatable bonds is 8. The lowest BCUT2D eigenvalue weighted by Crippen LogP contribution is -2.06. The Morgan fingerprint density at radius 2 is 2.10 bits per heavy atom. The van der Waals surface area contributed by atoms with Gasteiger partial charge in [-0.05, 0) is 31.4 Å². The zero-order chi connectivity index (χ0) is 14.2. The molecule has 2 rings (SSSR count). The normalized spacial score (nSPS) is 10.7. The number of anilines is 2. The van der Waals surface area contributed by atoms with Crippen molar-refractivity contribution in [3.63, 3.8) is 0 Å². The summed E-state index contributed by atoms with van der Waals surface area (Å²) >= 11 is 0. The average Bonchev–Trinajstić information content (AvgIpc) is 2.91. The molecule has 0 aliphatic rings. The molecule has 1 heterocycles. The first-order valence-corrected chi connectivity index (χ1v) is 7.29. The lowest BCUT2D eigenvalue weighted by atomic mass is 10.1. The molecule has 4 heteroatoms. The molecule has 0 saturated heterocycles. The molecule has 0 amide bonds. The summed E-state index contributed by atoms with van der Waals surface area (Å²) in [6, 6.07) is 8.35. The molecular formula is C16H23N3O. The van der Waals surface area contributed by atoms with Gasteiger partial charge in [0.2, 0.25) is 5.95 Å². The predicted molar refractivity (Wildman–Crippen MR) is 82.4 cm³/mol. The molecule has 20 heavy (non-hydrogen) atoms. The molecule has 0 aliphatic carbocycles. The van der Waals surface area contributed by atoms with Crippen molar-refractivity contribution < 1.29 is 4.74 Å². The number of hydrogen-bond acceptors (Lipinski definition) is 3. The summed E-state index contributed by atoms with van der Waals surface area (Å²) in [5.74, 6) is 0.891. The minimum atomic E-state index is 0.777. The van der Waals surface area contributed by atoms with Gasteiger partial charge in [-0.15, -0.1) is 0 Å². The molecule has 0 aliphatic heterocycles. The van der Waals surface area contributed by atoms with E-state index in [0.717, 1.165) is 44.2 Å². The number of imidazole rings is 1. The average molecular weight is 273 g/mol.